The zero-order chi connectivity index (χ0) is 41.9. The number of carbonyl (C=O) groups is 4. The highest BCUT2D eigenvalue weighted by Crippen LogP contribution is 2.56. The Morgan fingerprint density at radius 2 is 0.948 bits per heavy atom. The van der Waals surface area contributed by atoms with Crippen molar-refractivity contribution in [1.82, 2.24) is 30.5 Å². The van der Waals surface area contributed by atoms with E-state index in [1.165, 1.54) is 72.5 Å². The predicted octanol–water partition coefficient (Wildman–Crippen LogP) is 9.48. The first kappa shape index (κ1) is 42.9. The van der Waals surface area contributed by atoms with E-state index in [1.54, 1.807) is 51.3 Å². The third-order valence-corrected chi connectivity index (χ3v) is 11.6. The lowest BCUT2D eigenvalue weighted by molar-refractivity contribution is -0.0428. The van der Waals surface area contributed by atoms with Gasteiger partial charge in [0.15, 0.2) is 11.3 Å². The first-order chi connectivity index (χ1) is 27.5. The Hall–Kier alpha value is -4.74. The van der Waals surface area contributed by atoms with E-state index in [2.05, 4.69) is 60.9 Å². The Bertz CT molecular complexity index is 1780. The van der Waals surface area contributed by atoms with Crippen molar-refractivity contribution in [2.75, 3.05) is 26.2 Å². The fourth-order valence-corrected chi connectivity index (χ4v) is 8.86. The molecule has 2 aromatic carbocycles. The van der Waals surface area contributed by atoms with Crippen LogP contribution in [0.15, 0.2) is 59.7 Å². The number of benzene rings is 2. The highest BCUT2D eigenvalue weighted by Gasteiger charge is 2.75. The first-order valence-electron chi connectivity index (χ1n) is 21.6. The summed E-state index contributed by atoms with van der Waals surface area (Å²) in [4.78, 5) is 59.7. The van der Waals surface area contributed by atoms with E-state index < -0.39 is 34.7 Å². The third kappa shape index (κ3) is 8.66. The largest absolute Gasteiger partial charge is 0.442 e. The van der Waals surface area contributed by atoms with Crippen LogP contribution < -0.4 is 10.6 Å². The van der Waals surface area contributed by atoms with Gasteiger partial charge < -0.3 is 20.1 Å². The van der Waals surface area contributed by atoms with Crippen molar-refractivity contribution in [3.05, 3.63) is 81.9 Å². The van der Waals surface area contributed by atoms with Crippen LogP contribution in [0.2, 0.25) is 0 Å². The Balaban J connectivity index is 1.38. The number of unbranched alkanes of at least 4 members (excludes halogenated alkanes) is 8. The number of urea groups is 2. The lowest BCUT2D eigenvalue weighted by Crippen LogP contribution is -2.65. The van der Waals surface area contributed by atoms with Crippen LogP contribution in [-0.2, 0) is 33.6 Å². The fourth-order valence-electron chi connectivity index (χ4n) is 8.86. The van der Waals surface area contributed by atoms with E-state index in [1.807, 2.05) is 12.1 Å². The van der Waals surface area contributed by atoms with Crippen LogP contribution in [0.1, 0.15) is 142 Å². The molecule has 0 saturated carbocycles. The third-order valence-electron chi connectivity index (χ3n) is 11.6. The number of aryl methyl sites for hydroxylation is 2. The molecule has 0 radical (unpaired) electrons. The molecule has 0 aliphatic carbocycles. The van der Waals surface area contributed by atoms with Gasteiger partial charge in [-0.1, -0.05) is 114 Å². The van der Waals surface area contributed by atoms with E-state index in [-0.39, 0.29) is 38.2 Å². The van der Waals surface area contributed by atoms with E-state index in [4.69, 9.17) is 9.47 Å². The molecule has 0 spiro atoms. The van der Waals surface area contributed by atoms with Crippen molar-refractivity contribution in [2.45, 2.75) is 155 Å². The van der Waals surface area contributed by atoms with E-state index in [0.717, 1.165) is 48.0 Å². The zero-order valence-corrected chi connectivity index (χ0v) is 36.2. The molecular formula is C46H66N6O6. The predicted molar refractivity (Wildman–Crippen MR) is 225 cm³/mol. The summed E-state index contributed by atoms with van der Waals surface area (Å²) in [5.74, 6) is 0. The molecule has 0 atom stereocenters. The second kappa shape index (κ2) is 17.2. The van der Waals surface area contributed by atoms with E-state index >= 15 is 0 Å². The average Bonchev–Trinajstić information content (AvgIpc) is 3.80. The molecule has 0 bridgehead atoms. The van der Waals surface area contributed by atoms with Gasteiger partial charge in [-0.25, -0.2) is 29.2 Å². The summed E-state index contributed by atoms with van der Waals surface area (Å²) in [6.45, 7) is 15.5. The maximum absolute atomic E-state index is 14.5. The summed E-state index contributed by atoms with van der Waals surface area (Å²) in [5, 5.41) is 9.08. The van der Waals surface area contributed by atoms with Crippen LogP contribution in [0.4, 0.5) is 19.2 Å². The monoisotopic (exact) mass is 799 g/mol. The molecule has 4 aliphatic rings. The number of rotatable bonds is 14. The average molecular weight is 799 g/mol. The molecule has 2 N–H and O–H groups in total. The number of nitrogens with one attached hydrogen (secondary N) is 2. The standard InChI is InChI=1S/C46H66N6O6/c1-9-11-13-15-17-19-33-21-25-37(26-22-33)45-46(38-27-23-34(24-28-38)20-18-16-14-12-10-2)49(39(53)47-45)29-35(30-50(46)40(54)48-45)36-31-51(41(55)57-43(3,4)5)52(32-36)42(56)58-44(6,7)8/h21-28H,9-20,29-32H2,1-8H3,(H,47,53)(H,48,54). The van der Waals surface area contributed by atoms with E-state index in [0.29, 0.717) is 0 Å². The molecule has 6 amide bonds. The topological polar surface area (TPSA) is 124 Å². The number of nitrogens with zero attached hydrogens (tertiary/aromatic N) is 4. The maximum atomic E-state index is 14.5. The van der Waals surface area contributed by atoms with Gasteiger partial charge >= 0.3 is 24.2 Å². The molecule has 58 heavy (non-hydrogen) atoms. The van der Waals surface area contributed by atoms with Crippen LogP contribution in [0.3, 0.4) is 0 Å². The van der Waals surface area contributed by atoms with E-state index in [9.17, 15) is 19.2 Å². The molecule has 12 heteroatoms. The van der Waals surface area contributed by atoms with Gasteiger partial charge in [0, 0.05) is 24.2 Å². The van der Waals surface area contributed by atoms with Crippen molar-refractivity contribution in [1.29, 1.82) is 0 Å². The summed E-state index contributed by atoms with van der Waals surface area (Å²) >= 11 is 0. The molecule has 4 saturated heterocycles. The van der Waals surface area contributed by atoms with Crippen LogP contribution in [0.25, 0.3) is 0 Å². The Morgan fingerprint density at radius 3 is 1.34 bits per heavy atom. The van der Waals surface area contributed by atoms with Gasteiger partial charge in [-0.05, 0) is 89.5 Å². The molecule has 2 aromatic rings. The smallest absolute Gasteiger partial charge is 0.429 e. The van der Waals surface area contributed by atoms with Gasteiger partial charge in [-0.3, -0.25) is 9.80 Å². The van der Waals surface area contributed by atoms with Crippen molar-refractivity contribution < 1.29 is 28.7 Å². The van der Waals surface area contributed by atoms with Gasteiger partial charge in [0.1, 0.15) is 11.2 Å². The quantitative estimate of drug-likeness (QED) is 0.145. The van der Waals surface area contributed by atoms with Gasteiger partial charge in [-0.2, -0.15) is 0 Å². The minimum Gasteiger partial charge on any atom is -0.442 e. The lowest BCUT2D eigenvalue weighted by Gasteiger charge is -2.50. The van der Waals surface area contributed by atoms with Crippen LogP contribution >= 0.6 is 0 Å². The molecule has 0 unspecified atom stereocenters. The molecule has 0 aromatic heterocycles. The van der Waals surface area contributed by atoms with Crippen LogP contribution in [0.5, 0.6) is 0 Å². The minimum atomic E-state index is -1.29. The molecule has 4 aliphatic heterocycles. The molecule has 316 valence electrons. The molecule has 4 heterocycles. The number of carbonyl (C=O) groups excluding carboxylic acids is 4. The number of ether oxygens (including phenoxy) is 2. The Kier molecular flexibility index (Phi) is 12.7. The summed E-state index contributed by atoms with van der Waals surface area (Å²) in [6, 6.07) is 16.1. The van der Waals surface area contributed by atoms with Crippen molar-refractivity contribution in [3.8, 4) is 0 Å². The summed E-state index contributed by atoms with van der Waals surface area (Å²) in [6.07, 6.45) is 12.5. The minimum absolute atomic E-state index is 0.0411. The number of hydrazine groups is 1. The number of hydrogen-bond donors (Lipinski definition) is 2. The number of amides is 6. The SMILES string of the molecule is CCCCCCCc1ccc(C23NC(=O)N4CC(=C5CN(C(=O)OC(C)(C)C)N(C(=O)OC(C)(C)C)C5)CN(C(=O)N2)C43c2ccc(CCCCCCC)cc2)cc1. The summed E-state index contributed by atoms with van der Waals surface area (Å²) < 4.78 is 11.4. The van der Waals surface area contributed by atoms with Crippen molar-refractivity contribution >= 4 is 24.2 Å². The van der Waals surface area contributed by atoms with Gasteiger partial charge in [-0.15, -0.1) is 0 Å². The summed E-state index contributed by atoms with van der Waals surface area (Å²) in [7, 11) is 0. The normalized spacial score (nSPS) is 21.7. The summed E-state index contributed by atoms with van der Waals surface area (Å²) in [5.41, 5.74) is 1.39. The van der Waals surface area contributed by atoms with Crippen LogP contribution in [-0.4, -0.2) is 81.4 Å². The lowest BCUT2D eigenvalue weighted by atomic mass is 9.79. The number of hydrogen-bond acceptors (Lipinski definition) is 6. The molecule has 6 rings (SSSR count). The molecular weight excluding hydrogens is 733 g/mol. The highest BCUT2D eigenvalue weighted by atomic mass is 16.6. The van der Waals surface area contributed by atoms with Crippen molar-refractivity contribution in [2.24, 2.45) is 0 Å². The Labute approximate surface area is 345 Å². The fraction of sp³-hybridized carbons (Fsp3) is 0.609. The maximum Gasteiger partial charge on any atom is 0.429 e. The molecule has 12 nitrogen and oxygen atoms in total. The van der Waals surface area contributed by atoms with Crippen LogP contribution in [0, 0.1) is 0 Å². The molecule has 4 fully saturated rings. The van der Waals surface area contributed by atoms with Gasteiger partial charge in [0.05, 0.1) is 13.1 Å². The zero-order valence-electron chi connectivity index (χ0n) is 36.2. The first-order valence-corrected chi connectivity index (χ1v) is 21.6. The van der Waals surface area contributed by atoms with Gasteiger partial charge in [0.2, 0.25) is 0 Å². The second-order valence-electron chi connectivity index (χ2n) is 18.5. The second-order valence-corrected chi connectivity index (χ2v) is 18.5. The highest BCUT2D eigenvalue weighted by molar-refractivity contribution is 5.91. The Morgan fingerprint density at radius 1 is 0.569 bits per heavy atom. The van der Waals surface area contributed by atoms with Crippen molar-refractivity contribution in [3.63, 3.8) is 0 Å². The van der Waals surface area contributed by atoms with Gasteiger partial charge in [0.25, 0.3) is 0 Å².